The van der Waals surface area contributed by atoms with Crippen LogP contribution in [-0.4, -0.2) is 59.2 Å². The zero-order valence-corrected chi connectivity index (χ0v) is 24.0. The molecular weight excluding hydrogens is 564 g/mol. The van der Waals surface area contributed by atoms with Gasteiger partial charge in [0, 0.05) is 24.4 Å². The number of fused-ring (bicyclic) bond motifs is 1. The number of carbonyl (C=O) groups excluding carboxylic acids is 3. The Labute approximate surface area is 236 Å². The van der Waals surface area contributed by atoms with Gasteiger partial charge in [-0.25, -0.2) is 14.5 Å². The van der Waals surface area contributed by atoms with Gasteiger partial charge in [-0.2, -0.15) is 0 Å². The zero-order chi connectivity index (χ0) is 27.7. The summed E-state index contributed by atoms with van der Waals surface area (Å²) in [5.74, 6) is -0.926. The van der Waals surface area contributed by atoms with E-state index in [1.165, 1.54) is 4.90 Å². The van der Waals surface area contributed by atoms with Crippen LogP contribution >= 0.6 is 15.9 Å². The highest BCUT2D eigenvalue weighted by Gasteiger charge is 2.45. The molecule has 206 valence electrons. The van der Waals surface area contributed by atoms with Crippen molar-refractivity contribution in [2.45, 2.75) is 51.7 Å². The molecule has 2 aromatic carbocycles. The number of cyclic esters (lactones) is 1. The summed E-state index contributed by atoms with van der Waals surface area (Å²) in [5, 5.41) is 0.919. The van der Waals surface area contributed by atoms with E-state index in [-0.39, 0.29) is 30.6 Å². The number of furan rings is 1. The lowest BCUT2D eigenvalue weighted by molar-refractivity contribution is -0.135. The van der Waals surface area contributed by atoms with Crippen LogP contribution in [0.1, 0.15) is 38.3 Å². The van der Waals surface area contributed by atoms with E-state index in [1.54, 1.807) is 11.2 Å². The molecule has 2 unspecified atom stereocenters. The predicted molar refractivity (Wildman–Crippen MR) is 149 cm³/mol. The molecule has 3 atom stereocenters. The van der Waals surface area contributed by atoms with E-state index in [2.05, 4.69) is 15.9 Å². The van der Waals surface area contributed by atoms with Gasteiger partial charge in [0.1, 0.15) is 24.1 Å². The Hall–Kier alpha value is -3.33. The fraction of sp³-hybridized carbons (Fsp3) is 0.433. The number of nitrogens with zero attached hydrogens (tertiary/aromatic N) is 2. The molecule has 0 spiro atoms. The number of hydrogen-bond acceptors (Lipinski definition) is 6. The van der Waals surface area contributed by atoms with Gasteiger partial charge in [0.05, 0.1) is 10.5 Å². The Morgan fingerprint density at radius 2 is 1.90 bits per heavy atom. The molecule has 2 aliphatic rings. The Bertz CT molecular complexity index is 1360. The smallest absolute Gasteiger partial charge is 0.416 e. The highest BCUT2D eigenvalue weighted by atomic mass is 79.9. The molecule has 0 radical (unpaired) electrons. The van der Waals surface area contributed by atoms with Crippen LogP contribution in [0.3, 0.4) is 0 Å². The summed E-state index contributed by atoms with van der Waals surface area (Å²) in [4.78, 5) is 42.8. The normalized spacial score (nSPS) is 20.4. The molecule has 2 fully saturated rings. The van der Waals surface area contributed by atoms with Crippen LogP contribution in [0.4, 0.5) is 9.59 Å². The van der Waals surface area contributed by atoms with Crippen LogP contribution in [-0.2, 0) is 27.1 Å². The van der Waals surface area contributed by atoms with Gasteiger partial charge >= 0.3 is 12.2 Å². The van der Waals surface area contributed by atoms with Crippen LogP contribution in [0, 0.1) is 11.8 Å². The van der Waals surface area contributed by atoms with Gasteiger partial charge in [0.2, 0.25) is 5.91 Å². The van der Waals surface area contributed by atoms with Gasteiger partial charge in [-0.1, -0.05) is 36.4 Å². The SMILES string of the molecule is CC(C)(C)OC(=O)N1CCC(C(Cc2ccc3occ(Br)c3c2)C(=O)N2C(=O)OC[C@@H]2Cc2ccccc2)C1. The maximum absolute atomic E-state index is 14.2. The average Bonchev–Trinajstić information content (AvgIpc) is 3.61. The molecule has 3 heterocycles. The van der Waals surface area contributed by atoms with Gasteiger partial charge in [0.25, 0.3) is 0 Å². The number of amides is 3. The van der Waals surface area contributed by atoms with E-state index in [0.717, 1.165) is 26.6 Å². The van der Waals surface area contributed by atoms with Crippen molar-refractivity contribution in [3.63, 3.8) is 0 Å². The summed E-state index contributed by atoms with van der Waals surface area (Å²) < 4.78 is 17.4. The minimum Gasteiger partial charge on any atom is -0.463 e. The van der Waals surface area contributed by atoms with Crippen molar-refractivity contribution in [3.8, 4) is 0 Å². The van der Waals surface area contributed by atoms with E-state index in [9.17, 15) is 14.4 Å². The summed E-state index contributed by atoms with van der Waals surface area (Å²) in [5.41, 5.74) is 2.12. The molecule has 1 aromatic heterocycles. The van der Waals surface area contributed by atoms with Gasteiger partial charge in [0.15, 0.2) is 0 Å². The Morgan fingerprint density at radius 1 is 1.13 bits per heavy atom. The van der Waals surface area contributed by atoms with Crippen molar-refractivity contribution in [2.75, 3.05) is 19.7 Å². The largest absolute Gasteiger partial charge is 0.463 e. The molecule has 5 rings (SSSR count). The summed E-state index contributed by atoms with van der Waals surface area (Å²) >= 11 is 3.52. The number of likely N-dealkylation sites (tertiary alicyclic amines) is 1. The third-order valence-electron chi connectivity index (χ3n) is 7.32. The number of rotatable bonds is 6. The van der Waals surface area contributed by atoms with Gasteiger partial charge < -0.3 is 18.8 Å². The second kappa shape index (κ2) is 11.0. The Balaban J connectivity index is 1.41. The summed E-state index contributed by atoms with van der Waals surface area (Å²) in [6, 6.07) is 15.2. The van der Waals surface area contributed by atoms with Crippen LogP contribution in [0.5, 0.6) is 0 Å². The molecule has 8 nitrogen and oxygen atoms in total. The maximum Gasteiger partial charge on any atom is 0.416 e. The number of halogens is 1. The van der Waals surface area contributed by atoms with Gasteiger partial charge in [-0.15, -0.1) is 0 Å². The first-order chi connectivity index (χ1) is 18.6. The standard InChI is InChI=1S/C30H33BrN2O6/c1-30(2,3)39-28(35)32-12-11-21(16-32)23(14-20-9-10-26-24(15-20)25(31)18-37-26)27(34)33-22(17-38-29(33)36)13-19-7-5-4-6-8-19/h4-10,15,18,21-23H,11-14,16-17H2,1-3H3/t21?,22-,23?/m0/s1. The van der Waals surface area contributed by atoms with Crippen molar-refractivity contribution < 1.29 is 28.3 Å². The van der Waals surface area contributed by atoms with E-state index in [0.29, 0.717) is 32.4 Å². The minimum atomic E-state index is -0.610. The molecule has 0 N–H and O–H groups in total. The lowest BCUT2D eigenvalue weighted by atomic mass is 9.84. The first kappa shape index (κ1) is 27.2. The highest BCUT2D eigenvalue weighted by molar-refractivity contribution is 9.10. The van der Waals surface area contributed by atoms with Gasteiger partial charge in [-0.05, 0) is 85.1 Å². The second-order valence-electron chi connectivity index (χ2n) is 11.3. The zero-order valence-electron chi connectivity index (χ0n) is 22.4. The first-order valence-corrected chi connectivity index (χ1v) is 14.1. The lowest BCUT2D eigenvalue weighted by Gasteiger charge is -2.29. The second-order valence-corrected chi connectivity index (χ2v) is 12.2. The summed E-state index contributed by atoms with van der Waals surface area (Å²) in [6.45, 7) is 6.54. The first-order valence-electron chi connectivity index (χ1n) is 13.3. The molecule has 2 saturated heterocycles. The number of carbonyl (C=O) groups is 3. The van der Waals surface area contributed by atoms with Crippen molar-refractivity contribution in [2.24, 2.45) is 11.8 Å². The predicted octanol–water partition coefficient (Wildman–Crippen LogP) is 6.20. The third kappa shape index (κ3) is 6.13. The van der Waals surface area contributed by atoms with Crippen LogP contribution in [0.25, 0.3) is 11.0 Å². The molecule has 3 aromatic rings. The molecule has 3 amide bonds. The fourth-order valence-electron chi connectivity index (χ4n) is 5.44. The van der Waals surface area contributed by atoms with Crippen molar-refractivity contribution in [1.29, 1.82) is 0 Å². The van der Waals surface area contributed by atoms with Crippen molar-refractivity contribution >= 4 is 45.0 Å². The molecule has 9 heteroatoms. The molecule has 0 bridgehead atoms. The number of ether oxygens (including phenoxy) is 2. The molecule has 0 aliphatic carbocycles. The van der Waals surface area contributed by atoms with Crippen molar-refractivity contribution in [1.82, 2.24) is 9.80 Å². The van der Waals surface area contributed by atoms with E-state index in [1.807, 2.05) is 69.3 Å². The maximum atomic E-state index is 14.2. The lowest BCUT2D eigenvalue weighted by Crippen LogP contribution is -2.46. The fourth-order valence-corrected chi connectivity index (χ4v) is 5.84. The van der Waals surface area contributed by atoms with Gasteiger partial charge in [-0.3, -0.25) is 4.79 Å². The average molecular weight is 598 g/mol. The topological polar surface area (TPSA) is 89.3 Å². The molecule has 2 aliphatic heterocycles. The monoisotopic (exact) mass is 596 g/mol. The van der Waals surface area contributed by atoms with Crippen LogP contribution in [0.2, 0.25) is 0 Å². The third-order valence-corrected chi connectivity index (χ3v) is 7.94. The number of benzene rings is 2. The van der Waals surface area contributed by atoms with E-state index in [4.69, 9.17) is 13.9 Å². The van der Waals surface area contributed by atoms with Crippen LogP contribution in [0.15, 0.2) is 63.7 Å². The molecule has 39 heavy (non-hydrogen) atoms. The number of imide groups is 1. The Kier molecular flexibility index (Phi) is 7.71. The van der Waals surface area contributed by atoms with Crippen molar-refractivity contribution in [3.05, 3.63) is 70.4 Å². The Morgan fingerprint density at radius 3 is 2.64 bits per heavy atom. The summed E-state index contributed by atoms with van der Waals surface area (Å²) in [6.07, 6.45) is 2.22. The molecule has 0 saturated carbocycles. The van der Waals surface area contributed by atoms with E-state index < -0.39 is 17.6 Å². The highest BCUT2D eigenvalue weighted by Crippen LogP contribution is 2.34. The summed E-state index contributed by atoms with van der Waals surface area (Å²) in [7, 11) is 0. The minimum absolute atomic E-state index is 0.140. The number of hydrogen-bond donors (Lipinski definition) is 0. The molecular formula is C30H33BrN2O6. The quantitative estimate of drug-likeness (QED) is 0.336. The van der Waals surface area contributed by atoms with E-state index >= 15 is 0 Å². The van der Waals surface area contributed by atoms with Crippen LogP contribution < -0.4 is 0 Å².